The van der Waals surface area contributed by atoms with Crippen molar-refractivity contribution in [2.45, 2.75) is 20.0 Å². The molecule has 2 rings (SSSR count). The molecule has 0 radical (unpaired) electrons. The normalized spacial score (nSPS) is 10.3. The van der Waals surface area contributed by atoms with Crippen LogP contribution in [0.4, 0.5) is 0 Å². The number of benzene rings is 1. The van der Waals surface area contributed by atoms with Gasteiger partial charge in [-0.15, -0.1) is 11.3 Å². The maximum Gasteiger partial charge on any atom is 0.311 e. The minimum atomic E-state index is -0.295. The smallest absolute Gasteiger partial charge is 0.311 e. The van der Waals surface area contributed by atoms with Crippen LogP contribution in [0.15, 0.2) is 23.6 Å². The molecule has 0 N–H and O–H groups in total. The lowest BCUT2D eigenvalue weighted by molar-refractivity contribution is -0.139. The highest BCUT2D eigenvalue weighted by Gasteiger charge is 2.08. The van der Waals surface area contributed by atoms with E-state index in [1.165, 1.54) is 18.4 Å². The Labute approximate surface area is 126 Å². The Morgan fingerprint density at radius 2 is 2.25 bits per heavy atom. The van der Waals surface area contributed by atoms with Crippen molar-refractivity contribution in [1.29, 1.82) is 0 Å². The van der Waals surface area contributed by atoms with Gasteiger partial charge >= 0.3 is 5.97 Å². The van der Waals surface area contributed by atoms with E-state index in [1.807, 2.05) is 24.4 Å². The zero-order valence-electron chi connectivity index (χ0n) is 11.2. The van der Waals surface area contributed by atoms with Gasteiger partial charge in [0.1, 0.15) is 17.4 Å². The zero-order chi connectivity index (χ0) is 14.5. The standard InChI is InChI=1S/C14H14ClNO3S/c1-9-5-11(3-4-12(9)15)19-7-13-16-10(8-20-13)6-14(17)18-2/h3-5,8H,6-7H2,1-2H3. The first kappa shape index (κ1) is 14.8. The fraction of sp³-hybridized carbons (Fsp3) is 0.286. The van der Waals surface area contributed by atoms with Crippen molar-refractivity contribution < 1.29 is 14.3 Å². The first-order valence-corrected chi connectivity index (χ1v) is 7.23. The third-order valence-corrected chi connectivity index (χ3v) is 3.94. The van der Waals surface area contributed by atoms with Crippen LogP contribution in [0.2, 0.25) is 5.02 Å². The van der Waals surface area contributed by atoms with Crippen molar-refractivity contribution in [1.82, 2.24) is 4.98 Å². The monoisotopic (exact) mass is 311 g/mol. The van der Waals surface area contributed by atoms with Gasteiger partial charge in [-0.05, 0) is 30.7 Å². The molecule has 20 heavy (non-hydrogen) atoms. The molecule has 0 saturated heterocycles. The van der Waals surface area contributed by atoms with Crippen LogP contribution < -0.4 is 4.74 Å². The summed E-state index contributed by atoms with van der Waals surface area (Å²) in [6, 6.07) is 5.50. The maximum absolute atomic E-state index is 11.1. The second-order valence-corrected chi connectivity index (χ2v) is 5.54. The van der Waals surface area contributed by atoms with Crippen LogP contribution in [0.25, 0.3) is 0 Å². The topological polar surface area (TPSA) is 48.4 Å². The molecule has 0 bridgehead atoms. The summed E-state index contributed by atoms with van der Waals surface area (Å²) in [5.41, 5.74) is 1.67. The number of carbonyl (C=O) groups excluding carboxylic acids is 1. The number of aryl methyl sites for hydroxylation is 1. The highest BCUT2D eigenvalue weighted by molar-refractivity contribution is 7.09. The van der Waals surface area contributed by atoms with E-state index in [-0.39, 0.29) is 12.4 Å². The number of hydrogen-bond acceptors (Lipinski definition) is 5. The van der Waals surface area contributed by atoms with E-state index < -0.39 is 0 Å². The summed E-state index contributed by atoms with van der Waals surface area (Å²) in [5.74, 6) is 0.452. The minimum absolute atomic E-state index is 0.188. The van der Waals surface area contributed by atoms with Gasteiger partial charge in [-0.25, -0.2) is 4.98 Å². The van der Waals surface area contributed by atoms with E-state index in [2.05, 4.69) is 9.72 Å². The van der Waals surface area contributed by atoms with Gasteiger partial charge in [0.15, 0.2) is 0 Å². The van der Waals surface area contributed by atoms with E-state index >= 15 is 0 Å². The highest BCUT2D eigenvalue weighted by Crippen LogP contribution is 2.22. The molecule has 1 heterocycles. The molecular weight excluding hydrogens is 298 g/mol. The van der Waals surface area contributed by atoms with Crippen LogP contribution >= 0.6 is 22.9 Å². The Bertz CT molecular complexity index is 612. The van der Waals surface area contributed by atoms with Crippen molar-refractivity contribution in [3.05, 3.63) is 44.9 Å². The Morgan fingerprint density at radius 3 is 2.95 bits per heavy atom. The zero-order valence-corrected chi connectivity index (χ0v) is 12.8. The number of esters is 1. The average molecular weight is 312 g/mol. The molecule has 0 atom stereocenters. The molecule has 2 aromatic rings. The number of halogens is 1. The number of hydrogen-bond donors (Lipinski definition) is 0. The van der Waals surface area contributed by atoms with Crippen LogP contribution in [0.3, 0.4) is 0 Å². The molecule has 4 nitrogen and oxygen atoms in total. The second kappa shape index (κ2) is 6.72. The van der Waals surface area contributed by atoms with Crippen molar-refractivity contribution >= 4 is 28.9 Å². The number of carbonyl (C=O) groups is 1. The van der Waals surface area contributed by atoms with Crippen LogP contribution in [0.1, 0.15) is 16.3 Å². The summed E-state index contributed by atoms with van der Waals surface area (Å²) in [6.45, 7) is 2.29. The SMILES string of the molecule is COC(=O)Cc1csc(COc2ccc(Cl)c(C)c2)n1. The first-order valence-electron chi connectivity index (χ1n) is 5.97. The van der Waals surface area contributed by atoms with Gasteiger partial charge in [-0.3, -0.25) is 4.79 Å². The number of nitrogens with zero attached hydrogens (tertiary/aromatic N) is 1. The largest absolute Gasteiger partial charge is 0.486 e. The third-order valence-electron chi connectivity index (χ3n) is 2.64. The van der Waals surface area contributed by atoms with Crippen molar-refractivity contribution in [3.63, 3.8) is 0 Å². The van der Waals surface area contributed by atoms with Gasteiger partial charge in [-0.2, -0.15) is 0 Å². The summed E-state index contributed by atoms with van der Waals surface area (Å²) >= 11 is 7.41. The summed E-state index contributed by atoms with van der Waals surface area (Å²) in [6.07, 6.45) is 0.188. The van der Waals surface area contributed by atoms with Gasteiger partial charge < -0.3 is 9.47 Å². The molecule has 0 amide bonds. The summed E-state index contributed by atoms with van der Waals surface area (Å²) in [4.78, 5) is 15.5. The predicted molar refractivity (Wildman–Crippen MR) is 78.4 cm³/mol. The van der Waals surface area contributed by atoms with Crippen molar-refractivity contribution in [2.24, 2.45) is 0 Å². The van der Waals surface area contributed by atoms with Crippen molar-refractivity contribution in [3.8, 4) is 5.75 Å². The summed E-state index contributed by atoms with van der Waals surface area (Å²) in [7, 11) is 1.36. The average Bonchev–Trinajstić information content (AvgIpc) is 2.87. The molecule has 6 heteroatoms. The molecule has 0 aliphatic heterocycles. The molecule has 1 aromatic carbocycles. The molecular formula is C14H14ClNO3S. The Morgan fingerprint density at radius 1 is 1.45 bits per heavy atom. The van der Waals surface area contributed by atoms with Gasteiger partial charge in [0, 0.05) is 10.4 Å². The summed E-state index contributed by atoms with van der Waals surface area (Å²) in [5, 5.41) is 3.37. The van der Waals surface area contributed by atoms with Crippen LogP contribution in [0.5, 0.6) is 5.75 Å². The number of aromatic nitrogens is 1. The Balaban J connectivity index is 1.93. The number of rotatable bonds is 5. The molecule has 0 fully saturated rings. The molecule has 106 valence electrons. The molecule has 0 saturated carbocycles. The molecule has 0 aliphatic carbocycles. The fourth-order valence-electron chi connectivity index (χ4n) is 1.57. The van der Waals surface area contributed by atoms with E-state index in [0.717, 1.165) is 16.3 Å². The highest BCUT2D eigenvalue weighted by atomic mass is 35.5. The number of thiazole rings is 1. The van der Waals surface area contributed by atoms with Gasteiger partial charge in [0.25, 0.3) is 0 Å². The lowest BCUT2D eigenvalue weighted by atomic mass is 10.2. The van der Waals surface area contributed by atoms with E-state index in [9.17, 15) is 4.79 Å². The minimum Gasteiger partial charge on any atom is -0.486 e. The van der Waals surface area contributed by atoms with E-state index in [0.29, 0.717) is 17.3 Å². The maximum atomic E-state index is 11.1. The molecule has 1 aromatic heterocycles. The third kappa shape index (κ3) is 3.95. The quantitative estimate of drug-likeness (QED) is 0.794. The number of methoxy groups -OCH3 is 1. The van der Waals surface area contributed by atoms with E-state index in [4.69, 9.17) is 16.3 Å². The first-order chi connectivity index (χ1) is 9.58. The second-order valence-electron chi connectivity index (χ2n) is 4.19. The van der Waals surface area contributed by atoms with Gasteiger partial charge in [-0.1, -0.05) is 11.6 Å². The summed E-state index contributed by atoms with van der Waals surface area (Å²) < 4.78 is 10.2. The molecule has 0 spiro atoms. The number of ether oxygens (including phenoxy) is 2. The fourth-order valence-corrected chi connectivity index (χ4v) is 2.39. The predicted octanol–water partition coefficient (Wildman–Crippen LogP) is 3.40. The van der Waals surface area contributed by atoms with Crippen LogP contribution in [0, 0.1) is 6.92 Å². The van der Waals surface area contributed by atoms with Gasteiger partial charge in [0.2, 0.25) is 0 Å². The lowest BCUT2D eigenvalue weighted by Gasteiger charge is -2.05. The Kier molecular flexibility index (Phi) is 4.98. The molecule has 0 aliphatic rings. The van der Waals surface area contributed by atoms with Crippen LogP contribution in [-0.2, 0) is 22.6 Å². The lowest BCUT2D eigenvalue weighted by Crippen LogP contribution is -2.05. The van der Waals surface area contributed by atoms with Crippen molar-refractivity contribution in [2.75, 3.05) is 7.11 Å². The Hall–Kier alpha value is -1.59. The molecule has 0 unspecified atom stereocenters. The van der Waals surface area contributed by atoms with Gasteiger partial charge in [0.05, 0.1) is 19.2 Å². The van der Waals surface area contributed by atoms with Crippen LogP contribution in [-0.4, -0.2) is 18.1 Å². The van der Waals surface area contributed by atoms with E-state index in [1.54, 1.807) is 6.07 Å².